The van der Waals surface area contributed by atoms with Crippen molar-refractivity contribution in [2.45, 2.75) is 328 Å². The number of hydrogen-bond acceptors (Lipinski definition) is 6. The topological polar surface area (TPSA) is 108 Å². The van der Waals surface area contributed by atoms with E-state index < -0.39 is 20.0 Å². The number of phosphoric ester groups is 1. The molecule has 0 aromatic rings. The third kappa shape index (κ3) is 53.1. The van der Waals surface area contributed by atoms with Crippen LogP contribution in [-0.4, -0.2) is 68.5 Å². The first-order valence-corrected chi connectivity index (χ1v) is 31.3. The molecule has 9 heteroatoms. The summed E-state index contributed by atoms with van der Waals surface area (Å²) >= 11 is 0. The number of nitrogens with zero attached hydrogens (tertiary/aromatic N) is 1. The average Bonchev–Trinajstić information content (AvgIpc) is 3.29. The Morgan fingerprint density at radius 3 is 1.01 bits per heavy atom. The van der Waals surface area contributed by atoms with Crippen molar-refractivity contribution in [2.24, 2.45) is 0 Å². The van der Waals surface area contributed by atoms with Gasteiger partial charge in [-0.25, -0.2) is 0 Å². The fourth-order valence-electron chi connectivity index (χ4n) is 9.40. The molecule has 1 amide bonds. The number of likely N-dealkylation sites (N-methyl/N-ethyl adjacent to an activating group) is 1. The molecule has 402 valence electrons. The fraction of sp³-hybridized carbons (Fsp3) is 0.983. The molecule has 0 saturated heterocycles. The minimum Gasteiger partial charge on any atom is -0.756 e. The monoisotopic (exact) mass is 971 g/mol. The number of unbranched alkanes of at least 4 members (excludes halogenated alkanes) is 43. The lowest BCUT2D eigenvalue weighted by Gasteiger charge is -2.30. The van der Waals surface area contributed by atoms with Gasteiger partial charge in [0, 0.05) is 6.42 Å². The molecule has 0 aliphatic heterocycles. The maximum Gasteiger partial charge on any atom is 0.268 e. The lowest BCUT2D eigenvalue weighted by atomic mass is 10.0. The summed E-state index contributed by atoms with van der Waals surface area (Å²) in [5.74, 6) is -0.156. The highest BCUT2D eigenvalue weighted by atomic mass is 31.2. The van der Waals surface area contributed by atoms with Gasteiger partial charge in [-0.1, -0.05) is 296 Å². The third-order valence-corrected chi connectivity index (χ3v) is 15.1. The number of carbonyl (C=O) groups is 1. The van der Waals surface area contributed by atoms with Crippen molar-refractivity contribution in [3.63, 3.8) is 0 Å². The standard InChI is InChI=1S/C58H119N2O6P/c1-6-8-10-12-14-16-18-20-22-24-26-27-28-29-30-31-32-34-36-38-40-42-44-46-48-50-52-58(62)59-56(55-66-67(63,64)65-54-53-60(3,4)5)57(61)51-49-47-45-43-41-39-37-35-33-25-23-21-19-17-15-13-11-9-7-2/h56-57,61H,6-55H2,1-5H3,(H-,59,62,63,64). The van der Waals surface area contributed by atoms with Gasteiger partial charge in [0.2, 0.25) is 5.91 Å². The van der Waals surface area contributed by atoms with Crippen LogP contribution in [0.25, 0.3) is 0 Å². The Hall–Kier alpha value is -0.500. The molecule has 0 fully saturated rings. The zero-order valence-electron chi connectivity index (χ0n) is 45.9. The smallest absolute Gasteiger partial charge is 0.268 e. The van der Waals surface area contributed by atoms with Crippen LogP contribution in [0.5, 0.6) is 0 Å². The minimum absolute atomic E-state index is 0.0167. The zero-order valence-corrected chi connectivity index (χ0v) is 46.8. The van der Waals surface area contributed by atoms with Crippen molar-refractivity contribution < 1.29 is 32.9 Å². The van der Waals surface area contributed by atoms with Crippen molar-refractivity contribution in [3.8, 4) is 0 Å². The Kier molecular flexibility index (Phi) is 50.1. The summed E-state index contributed by atoms with van der Waals surface area (Å²) in [4.78, 5) is 25.5. The first-order valence-electron chi connectivity index (χ1n) is 29.9. The van der Waals surface area contributed by atoms with E-state index in [1.807, 2.05) is 21.1 Å². The molecule has 2 N–H and O–H groups in total. The number of aliphatic hydroxyl groups is 1. The molecular formula is C58H119N2O6P. The number of quaternary nitrogens is 1. The van der Waals surface area contributed by atoms with Crippen LogP contribution in [0.4, 0.5) is 0 Å². The lowest BCUT2D eigenvalue weighted by Crippen LogP contribution is -2.46. The van der Waals surface area contributed by atoms with E-state index in [9.17, 15) is 19.4 Å². The van der Waals surface area contributed by atoms with E-state index in [1.54, 1.807) is 0 Å². The van der Waals surface area contributed by atoms with Gasteiger partial charge in [0.05, 0.1) is 39.9 Å². The molecule has 0 aliphatic rings. The van der Waals surface area contributed by atoms with Gasteiger partial charge < -0.3 is 28.8 Å². The van der Waals surface area contributed by atoms with Gasteiger partial charge in [-0.15, -0.1) is 0 Å². The second kappa shape index (κ2) is 50.4. The van der Waals surface area contributed by atoms with Gasteiger partial charge in [-0.2, -0.15) is 0 Å². The predicted molar refractivity (Wildman–Crippen MR) is 289 cm³/mol. The normalized spacial score (nSPS) is 13.8. The molecule has 0 aromatic heterocycles. The number of carbonyl (C=O) groups excluding carboxylic acids is 1. The summed E-state index contributed by atoms with van der Waals surface area (Å²) < 4.78 is 23.4. The number of rotatable bonds is 56. The summed E-state index contributed by atoms with van der Waals surface area (Å²) in [6.07, 6.45) is 60.0. The van der Waals surface area contributed by atoms with Gasteiger partial charge in [-0.3, -0.25) is 9.36 Å². The second-order valence-electron chi connectivity index (χ2n) is 22.1. The number of nitrogens with one attached hydrogen (secondary N) is 1. The van der Waals surface area contributed by atoms with Crippen LogP contribution in [0, 0.1) is 0 Å². The Morgan fingerprint density at radius 2 is 0.731 bits per heavy atom. The molecule has 0 saturated carbocycles. The summed E-state index contributed by atoms with van der Waals surface area (Å²) in [5.41, 5.74) is 0. The summed E-state index contributed by atoms with van der Waals surface area (Å²) in [6, 6.07) is -0.795. The molecule has 3 unspecified atom stereocenters. The van der Waals surface area contributed by atoms with E-state index in [1.165, 1.54) is 250 Å². The molecule has 67 heavy (non-hydrogen) atoms. The molecule has 3 atom stereocenters. The number of phosphoric acid groups is 1. The molecule has 0 aliphatic carbocycles. The van der Waals surface area contributed by atoms with Crippen LogP contribution < -0.4 is 10.2 Å². The van der Waals surface area contributed by atoms with E-state index in [0.717, 1.165) is 38.5 Å². The largest absolute Gasteiger partial charge is 0.756 e. The highest BCUT2D eigenvalue weighted by Gasteiger charge is 2.24. The molecular weight excluding hydrogens is 852 g/mol. The maximum absolute atomic E-state index is 13.0. The van der Waals surface area contributed by atoms with Crippen LogP contribution in [0.1, 0.15) is 316 Å². The summed E-state index contributed by atoms with van der Waals surface area (Å²) in [5, 5.41) is 14.0. The average molecular weight is 972 g/mol. The SMILES string of the molecule is CCCCCCCCCCCCCCCCCCCCCCCCCCCCC(=O)NC(COP(=O)([O-])OCC[N+](C)(C)C)C(O)CCCCCCCCCCCCCCCCCCCCC. The minimum atomic E-state index is -4.57. The zero-order chi connectivity index (χ0) is 49.2. The quantitative estimate of drug-likeness (QED) is 0.0357. The van der Waals surface area contributed by atoms with Crippen LogP contribution in [0.3, 0.4) is 0 Å². The third-order valence-electron chi connectivity index (χ3n) is 14.1. The highest BCUT2D eigenvalue weighted by molar-refractivity contribution is 7.45. The van der Waals surface area contributed by atoms with Crippen LogP contribution >= 0.6 is 7.82 Å². The van der Waals surface area contributed by atoms with Crippen LogP contribution in [-0.2, 0) is 18.4 Å². The van der Waals surface area contributed by atoms with E-state index in [-0.39, 0.29) is 19.1 Å². The Labute approximate surface area is 419 Å². The summed E-state index contributed by atoms with van der Waals surface area (Å²) in [6.45, 7) is 4.78. The molecule has 0 bridgehead atoms. The molecule has 0 aromatic carbocycles. The fourth-order valence-corrected chi connectivity index (χ4v) is 10.1. The van der Waals surface area contributed by atoms with Crippen LogP contribution in [0.2, 0.25) is 0 Å². The molecule has 0 radical (unpaired) electrons. The molecule has 0 rings (SSSR count). The second-order valence-corrected chi connectivity index (χ2v) is 23.5. The number of aliphatic hydroxyl groups excluding tert-OH is 1. The van der Waals surface area contributed by atoms with Gasteiger partial charge >= 0.3 is 0 Å². The van der Waals surface area contributed by atoms with Crippen LogP contribution in [0.15, 0.2) is 0 Å². The highest BCUT2D eigenvalue weighted by Crippen LogP contribution is 2.38. The summed E-state index contributed by atoms with van der Waals surface area (Å²) in [7, 11) is 1.33. The number of amides is 1. The lowest BCUT2D eigenvalue weighted by molar-refractivity contribution is -0.870. The van der Waals surface area contributed by atoms with Gasteiger partial charge in [0.1, 0.15) is 13.2 Å². The van der Waals surface area contributed by atoms with E-state index in [4.69, 9.17) is 9.05 Å². The van der Waals surface area contributed by atoms with Gasteiger partial charge in [0.25, 0.3) is 7.82 Å². The van der Waals surface area contributed by atoms with E-state index >= 15 is 0 Å². The van der Waals surface area contributed by atoms with Crippen molar-refractivity contribution in [3.05, 3.63) is 0 Å². The predicted octanol–water partition coefficient (Wildman–Crippen LogP) is 17.4. The molecule has 0 spiro atoms. The molecule has 8 nitrogen and oxygen atoms in total. The first-order chi connectivity index (χ1) is 32.5. The Balaban J connectivity index is 4.08. The van der Waals surface area contributed by atoms with Crippen molar-refractivity contribution in [1.82, 2.24) is 5.32 Å². The molecule has 0 heterocycles. The van der Waals surface area contributed by atoms with Crippen molar-refractivity contribution in [2.75, 3.05) is 40.9 Å². The first kappa shape index (κ1) is 66.5. The van der Waals surface area contributed by atoms with Crippen molar-refractivity contribution in [1.29, 1.82) is 0 Å². The van der Waals surface area contributed by atoms with E-state index in [2.05, 4.69) is 19.2 Å². The van der Waals surface area contributed by atoms with Crippen molar-refractivity contribution >= 4 is 13.7 Å². The Bertz CT molecular complexity index is 1060. The van der Waals surface area contributed by atoms with Gasteiger partial charge in [0.15, 0.2) is 0 Å². The van der Waals surface area contributed by atoms with Gasteiger partial charge in [-0.05, 0) is 12.8 Å². The Morgan fingerprint density at radius 1 is 0.463 bits per heavy atom. The maximum atomic E-state index is 13.0. The van der Waals surface area contributed by atoms with E-state index in [0.29, 0.717) is 23.9 Å². The number of hydrogen-bond donors (Lipinski definition) is 2.